The highest BCUT2D eigenvalue weighted by atomic mass is 19.4. The van der Waals surface area contributed by atoms with Crippen molar-refractivity contribution in [2.45, 2.75) is 64.0 Å². The fourth-order valence-corrected chi connectivity index (χ4v) is 3.84. The maximum Gasteiger partial charge on any atom is 0.573 e. The van der Waals surface area contributed by atoms with Crippen LogP contribution in [0.1, 0.15) is 68.2 Å². The van der Waals surface area contributed by atoms with Crippen LogP contribution >= 0.6 is 0 Å². The molecule has 1 saturated carbocycles. The molecule has 2 aromatic rings. The number of hydrogen-bond acceptors (Lipinski definition) is 2. The normalized spacial score (nSPS) is 21.3. The van der Waals surface area contributed by atoms with Crippen LogP contribution in [0, 0.1) is 5.92 Å². The fourth-order valence-electron chi connectivity index (χ4n) is 3.84. The molecule has 2 aromatic carbocycles. The summed E-state index contributed by atoms with van der Waals surface area (Å²) in [5.74, 6) is 0.702. The monoisotopic (exact) mass is 428 g/mol. The van der Waals surface area contributed by atoms with E-state index in [0.29, 0.717) is 17.4 Å². The van der Waals surface area contributed by atoms with Crippen molar-refractivity contribution in [1.29, 1.82) is 0 Å². The highest BCUT2D eigenvalue weighted by Crippen LogP contribution is 2.39. The van der Waals surface area contributed by atoms with Gasteiger partial charge in [-0.25, -0.2) is 0 Å². The Morgan fingerprint density at radius 3 is 1.93 bits per heavy atom. The summed E-state index contributed by atoms with van der Waals surface area (Å²) >= 11 is 0. The second-order valence-electron chi connectivity index (χ2n) is 7.97. The SMILES string of the molecule is CC1CCC(c2ccc(C(F)(F)OC(C)c3ccc(OC(F)(F)F)cc3)cc2)CC1. The smallest absolute Gasteiger partial charge is 0.406 e. The van der Waals surface area contributed by atoms with Gasteiger partial charge in [-0.15, -0.1) is 13.2 Å². The van der Waals surface area contributed by atoms with Gasteiger partial charge in [0.05, 0.1) is 11.7 Å². The van der Waals surface area contributed by atoms with Crippen molar-refractivity contribution in [1.82, 2.24) is 0 Å². The summed E-state index contributed by atoms with van der Waals surface area (Å²) in [6.45, 7) is 3.65. The summed E-state index contributed by atoms with van der Waals surface area (Å²) in [5.41, 5.74) is 1.13. The van der Waals surface area contributed by atoms with E-state index in [0.717, 1.165) is 43.4 Å². The molecule has 1 unspecified atom stereocenters. The molecule has 0 aromatic heterocycles. The van der Waals surface area contributed by atoms with Gasteiger partial charge in [-0.3, -0.25) is 0 Å². The summed E-state index contributed by atoms with van der Waals surface area (Å²) in [4.78, 5) is 0. The van der Waals surface area contributed by atoms with Gasteiger partial charge in [-0.1, -0.05) is 56.2 Å². The molecule has 0 saturated heterocycles. The van der Waals surface area contributed by atoms with Gasteiger partial charge in [0, 0.05) is 0 Å². The van der Waals surface area contributed by atoms with Gasteiger partial charge in [0.1, 0.15) is 5.75 Å². The van der Waals surface area contributed by atoms with Crippen LogP contribution in [0.3, 0.4) is 0 Å². The van der Waals surface area contributed by atoms with Gasteiger partial charge in [-0.05, 0) is 54.9 Å². The van der Waals surface area contributed by atoms with Crippen molar-refractivity contribution < 1.29 is 31.4 Å². The van der Waals surface area contributed by atoms with Crippen molar-refractivity contribution in [3.8, 4) is 5.75 Å². The van der Waals surface area contributed by atoms with E-state index < -0.39 is 24.3 Å². The number of alkyl halides is 5. The van der Waals surface area contributed by atoms with Crippen LogP contribution in [0.4, 0.5) is 22.0 Å². The van der Waals surface area contributed by atoms with E-state index in [2.05, 4.69) is 11.7 Å². The summed E-state index contributed by atoms with van der Waals surface area (Å²) in [7, 11) is 0. The van der Waals surface area contributed by atoms with Gasteiger partial charge < -0.3 is 9.47 Å². The molecule has 30 heavy (non-hydrogen) atoms. The molecular formula is C23H25F5O2. The van der Waals surface area contributed by atoms with Crippen LogP contribution in [0.25, 0.3) is 0 Å². The number of halogens is 5. The van der Waals surface area contributed by atoms with E-state index in [4.69, 9.17) is 4.74 Å². The Balaban J connectivity index is 1.63. The van der Waals surface area contributed by atoms with Crippen LogP contribution < -0.4 is 4.74 Å². The lowest BCUT2D eigenvalue weighted by atomic mass is 9.79. The summed E-state index contributed by atoms with van der Waals surface area (Å²) in [6.07, 6.45) is -4.93. The molecule has 1 aliphatic carbocycles. The summed E-state index contributed by atoms with van der Waals surface area (Å²) in [6, 6.07) is 10.9. The Hall–Kier alpha value is -2.15. The standard InChI is InChI=1S/C23H25F5O2/c1-15-3-5-18(6-4-15)19-7-11-20(12-8-19)22(24,25)29-16(2)17-9-13-21(14-10-17)30-23(26,27)28/h7-16,18H,3-6H2,1-2H3. The molecule has 164 valence electrons. The molecule has 0 heterocycles. The highest BCUT2D eigenvalue weighted by molar-refractivity contribution is 5.30. The first-order valence-electron chi connectivity index (χ1n) is 10.1. The topological polar surface area (TPSA) is 18.5 Å². The molecule has 0 spiro atoms. The maximum atomic E-state index is 14.6. The third-order valence-corrected chi connectivity index (χ3v) is 5.64. The molecule has 0 amide bonds. The minimum Gasteiger partial charge on any atom is -0.406 e. The van der Waals surface area contributed by atoms with Crippen molar-refractivity contribution in [2.75, 3.05) is 0 Å². The van der Waals surface area contributed by atoms with Gasteiger partial charge in [0.15, 0.2) is 0 Å². The zero-order valence-electron chi connectivity index (χ0n) is 16.9. The minimum atomic E-state index is -4.81. The second-order valence-corrected chi connectivity index (χ2v) is 7.97. The highest BCUT2D eigenvalue weighted by Gasteiger charge is 2.36. The average Bonchev–Trinajstić information content (AvgIpc) is 2.68. The van der Waals surface area contributed by atoms with E-state index >= 15 is 0 Å². The quantitative estimate of drug-likeness (QED) is 0.439. The molecule has 1 fully saturated rings. The summed E-state index contributed by atoms with van der Waals surface area (Å²) in [5, 5.41) is 0. The first-order chi connectivity index (χ1) is 14.0. The molecule has 7 heteroatoms. The van der Waals surface area contributed by atoms with Gasteiger partial charge in [0.2, 0.25) is 0 Å². The third-order valence-electron chi connectivity index (χ3n) is 5.64. The maximum absolute atomic E-state index is 14.6. The largest absolute Gasteiger partial charge is 0.573 e. The van der Waals surface area contributed by atoms with E-state index in [-0.39, 0.29) is 5.56 Å². The van der Waals surface area contributed by atoms with Crippen LogP contribution in [0.2, 0.25) is 0 Å². The first kappa shape index (κ1) is 22.5. The van der Waals surface area contributed by atoms with Crippen LogP contribution in [-0.2, 0) is 10.8 Å². The van der Waals surface area contributed by atoms with Crippen molar-refractivity contribution in [3.63, 3.8) is 0 Å². The zero-order chi connectivity index (χ0) is 21.9. The van der Waals surface area contributed by atoms with Gasteiger partial charge in [0.25, 0.3) is 0 Å². The van der Waals surface area contributed by atoms with Crippen molar-refractivity contribution >= 4 is 0 Å². The van der Waals surface area contributed by atoms with Gasteiger partial charge in [-0.2, -0.15) is 8.78 Å². The fraction of sp³-hybridized carbons (Fsp3) is 0.478. The molecule has 1 atom stereocenters. The van der Waals surface area contributed by atoms with Crippen LogP contribution in [0.15, 0.2) is 48.5 Å². The lowest BCUT2D eigenvalue weighted by Crippen LogP contribution is -2.21. The molecule has 3 rings (SSSR count). The molecule has 1 aliphatic rings. The number of benzene rings is 2. The number of hydrogen-bond donors (Lipinski definition) is 0. The molecule has 2 nitrogen and oxygen atoms in total. The van der Waals surface area contributed by atoms with E-state index in [1.807, 2.05) is 0 Å². The Kier molecular flexibility index (Phi) is 6.70. The summed E-state index contributed by atoms with van der Waals surface area (Å²) < 4.78 is 74.7. The zero-order valence-corrected chi connectivity index (χ0v) is 16.9. The first-order valence-corrected chi connectivity index (χ1v) is 10.1. The lowest BCUT2D eigenvalue weighted by molar-refractivity contribution is -0.274. The second kappa shape index (κ2) is 8.92. The van der Waals surface area contributed by atoms with Crippen molar-refractivity contribution in [3.05, 3.63) is 65.2 Å². The van der Waals surface area contributed by atoms with E-state index in [9.17, 15) is 22.0 Å². The number of ether oxygens (including phenoxy) is 2. The van der Waals surface area contributed by atoms with Crippen LogP contribution in [0.5, 0.6) is 5.75 Å². The Labute approximate surface area is 173 Å². The minimum absolute atomic E-state index is 0.251. The van der Waals surface area contributed by atoms with Crippen LogP contribution in [-0.4, -0.2) is 6.36 Å². The molecule has 0 aliphatic heterocycles. The van der Waals surface area contributed by atoms with E-state index in [1.54, 1.807) is 12.1 Å². The predicted molar refractivity (Wildman–Crippen MR) is 103 cm³/mol. The van der Waals surface area contributed by atoms with Gasteiger partial charge >= 0.3 is 12.5 Å². The van der Waals surface area contributed by atoms with E-state index in [1.165, 1.54) is 31.2 Å². The average molecular weight is 428 g/mol. The Morgan fingerprint density at radius 2 is 1.40 bits per heavy atom. The van der Waals surface area contributed by atoms with Crippen molar-refractivity contribution in [2.24, 2.45) is 5.92 Å². The Bertz CT molecular complexity index is 807. The molecule has 0 radical (unpaired) electrons. The lowest BCUT2D eigenvalue weighted by Gasteiger charge is -2.27. The molecule has 0 N–H and O–H groups in total. The number of rotatable bonds is 6. The molecule has 0 bridgehead atoms. The predicted octanol–water partition coefficient (Wildman–Crippen LogP) is 7.71. The third kappa shape index (κ3) is 5.94. The Morgan fingerprint density at radius 1 is 0.833 bits per heavy atom. The molecular weight excluding hydrogens is 403 g/mol.